The minimum atomic E-state index is -3.94. The summed E-state index contributed by atoms with van der Waals surface area (Å²) in [5, 5.41) is 4.19. The van der Waals surface area contributed by atoms with E-state index in [9.17, 15) is 13.2 Å². The van der Waals surface area contributed by atoms with E-state index in [2.05, 4.69) is 27.1 Å². The smallest absolute Gasteiger partial charge is 0.259 e. The average Bonchev–Trinajstić information content (AvgIpc) is 3.82. The molecule has 1 saturated heterocycles. The van der Waals surface area contributed by atoms with Crippen molar-refractivity contribution >= 4 is 38.6 Å². The van der Waals surface area contributed by atoms with Gasteiger partial charge in [0.25, 0.3) is 5.91 Å². The molecule has 4 heterocycles. The van der Waals surface area contributed by atoms with E-state index in [1.54, 1.807) is 6.92 Å². The van der Waals surface area contributed by atoms with E-state index < -0.39 is 43.8 Å². The zero-order chi connectivity index (χ0) is 41.7. The van der Waals surface area contributed by atoms with Gasteiger partial charge in [0.2, 0.25) is 21.8 Å². The second kappa shape index (κ2) is 16.6. The molecule has 4 aliphatic carbocycles. The van der Waals surface area contributed by atoms with Gasteiger partial charge < -0.3 is 15.0 Å². The van der Waals surface area contributed by atoms with E-state index in [1.165, 1.54) is 51.4 Å². The van der Waals surface area contributed by atoms with Crippen molar-refractivity contribution in [2.75, 3.05) is 19.6 Å². The molecule has 2 N–H and O–H groups in total. The number of aryl methyl sites for hydroxylation is 2. The summed E-state index contributed by atoms with van der Waals surface area (Å²) < 4.78 is 35.3. The molecule has 12 heteroatoms. The highest BCUT2D eigenvalue weighted by molar-refractivity contribution is 7.91. The lowest BCUT2D eigenvalue weighted by atomic mass is 9.87. The highest BCUT2D eigenvalue weighted by atomic mass is 32.2. The number of benzene rings is 1. The molecule has 3 amide bonds. The van der Waals surface area contributed by atoms with Crippen molar-refractivity contribution in [1.29, 1.82) is 0 Å². The number of rotatable bonds is 10. The fraction of sp³-hybridized carbons (Fsp3) is 0.708. The third kappa shape index (κ3) is 8.25. The Morgan fingerprint density at radius 1 is 0.933 bits per heavy atom. The minimum Gasteiger partial charge on any atom is -0.483 e. The number of aromatic nitrogens is 1. The SMILES string of the molecule is Cc1nc2ccccc2c2c1O[C@]1(CC2)C[C@H]2C(=O)N[C@]3(C(=O)NS(=O)(=O)C4(C)CC4)C[C@H]3C=CCCCCC[C@H](N(CCC3CCCC3)CCC3CCCC3)C(=O)N2C1. The van der Waals surface area contributed by atoms with Gasteiger partial charge in [-0.15, -0.1) is 0 Å². The summed E-state index contributed by atoms with van der Waals surface area (Å²) in [5.74, 6) is 0.664. The first-order valence-electron chi connectivity index (χ1n) is 23.6. The third-order valence-corrected chi connectivity index (χ3v) is 18.1. The number of hydrogen-bond acceptors (Lipinski definition) is 8. The van der Waals surface area contributed by atoms with Gasteiger partial charge in [0.15, 0.2) is 0 Å². The second-order valence-electron chi connectivity index (χ2n) is 20.1. The molecule has 7 aliphatic rings. The van der Waals surface area contributed by atoms with Crippen LogP contribution in [-0.4, -0.2) is 88.5 Å². The van der Waals surface area contributed by atoms with Gasteiger partial charge >= 0.3 is 0 Å². The summed E-state index contributed by atoms with van der Waals surface area (Å²) in [7, 11) is -3.94. The van der Waals surface area contributed by atoms with Crippen LogP contribution < -0.4 is 14.8 Å². The van der Waals surface area contributed by atoms with Crippen molar-refractivity contribution in [2.45, 2.75) is 177 Å². The third-order valence-electron chi connectivity index (χ3n) is 15.9. The van der Waals surface area contributed by atoms with E-state index in [1.807, 2.05) is 36.1 Å². The molecule has 0 radical (unpaired) electrons. The number of para-hydroxylation sites is 1. The fourth-order valence-electron chi connectivity index (χ4n) is 11.5. The lowest BCUT2D eigenvalue weighted by Gasteiger charge is -2.38. The average molecular weight is 842 g/mol. The van der Waals surface area contributed by atoms with Crippen molar-refractivity contribution in [3.8, 4) is 5.75 Å². The number of sulfonamides is 1. The molecule has 1 spiro atoms. The number of carbonyl (C=O) groups excluding carboxylic acids is 3. The lowest BCUT2D eigenvalue weighted by molar-refractivity contribution is -0.144. The van der Waals surface area contributed by atoms with E-state index in [4.69, 9.17) is 9.72 Å². The first-order valence-corrected chi connectivity index (χ1v) is 25.0. The molecule has 5 fully saturated rings. The van der Waals surface area contributed by atoms with E-state index >= 15 is 9.59 Å². The van der Waals surface area contributed by atoms with Crippen LogP contribution in [0.4, 0.5) is 0 Å². The van der Waals surface area contributed by atoms with Gasteiger partial charge in [-0.2, -0.15) is 0 Å². The zero-order valence-electron chi connectivity index (χ0n) is 36.0. The Bertz CT molecular complexity index is 2090. The molecule has 3 aliphatic heterocycles. The summed E-state index contributed by atoms with van der Waals surface area (Å²) in [5.41, 5.74) is 0.593. The molecule has 11 nitrogen and oxygen atoms in total. The number of allylic oxidation sites excluding steroid dienone is 1. The van der Waals surface area contributed by atoms with Crippen LogP contribution >= 0.6 is 0 Å². The minimum absolute atomic E-state index is 0.0179. The Hall–Kier alpha value is -3.51. The van der Waals surface area contributed by atoms with Crippen molar-refractivity contribution in [1.82, 2.24) is 24.8 Å². The number of nitrogens with zero attached hydrogens (tertiary/aromatic N) is 3. The maximum absolute atomic E-state index is 15.6. The quantitative estimate of drug-likeness (QED) is 0.236. The summed E-state index contributed by atoms with van der Waals surface area (Å²) in [6.45, 7) is 5.66. The van der Waals surface area contributed by atoms with E-state index in [0.29, 0.717) is 37.5 Å². The summed E-state index contributed by atoms with van der Waals surface area (Å²) in [6.07, 6.45) is 23.8. The summed E-state index contributed by atoms with van der Waals surface area (Å²) in [6, 6.07) is 6.87. The van der Waals surface area contributed by atoms with Crippen LogP contribution in [0.3, 0.4) is 0 Å². The molecule has 9 rings (SSSR count). The number of ether oxygens (including phenoxy) is 1. The number of carbonyl (C=O) groups is 3. The van der Waals surface area contributed by atoms with Crippen LogP contribution in [-0.2, 0) is 30.8 Å². The largest absolute Gasteiger partial charge is 0.483 e. The highest BCUT2D eigenvalue weighted by Crippen LogP contribution is 2.49. The second-order valence-corrected chi connectivity index (χ2v) is 22.3. The number of hydrogen-bond donors (Lipinski definition) is 2. The molecule has 0 bridgehead atoms. The maximum Gasteiger partial charge on any atom is 0.259 e. The first-order chi connectivity index (χ1) is 28.9. The van der Waals surface area contributed by atoms with Gasteiger partial charge in [-0.25, -0.2) is 13.4 Å². The monoisotopic (exact) mass is 841 g/mol. The van der Waals surface area contributed by atoms with Gasteiger partial charge in [0.1, 0.15) is 22.9 Å². The predicted molar refractivity (Wildman–Crippen MR) is 233 cm³/mol. The number of fused-ring (bicyclic) bond motifs is 5. The van der Waals surface area contributed by atoms with Crippen LogP contribution in [0.25, 0.3) is 10.9 Å². The molecule has 1 aromatic heterocycles. The normalized spacial score (nSPS) is 31.0. The standard InChI is InChI=1S/C48H67N5O6S/c1-33-42-38(37-19-12-13-20-39(37)49-33)22-25-47(59-42)31-41-43(54)50-48(45(56)51-60(57,58)46(2)26-27-46)30-36(48)18-6-4-3-5-7-21-40(44(55)53(41)32-47)52(28-23-34-14-8-9-15-34)29-24-35-16-10-11-17-35/h6,12-13,18-20,34-36,40-41H,3-5,7-11,14-17,21-32H2,1-2H3,(H,50,54)(H,51,56)/t36-,40+,41+,47-,48-/m1/s1. The Morgan fingerprint density at radius 3 is 2.32 bits per heavy atom. The Kier molecular flexibility index (Phi) is 11.6. The van der Waals surface area contributed by atoms with Gasteiger partial charge in [-0.3, -0.25) is 24.0 Å². The van der Waals surface area contributed by atoms with Crippen LogP contribution in [0.1, 0.15) is 147 Å². The lowest BCUT2D eigenvalue weighted by Crippen LogP contribution is -2.58. The van der Waals surface area contributed by atoms with Crippen LogP contribution in [0, 0.1) is 24.7 Å². The molecule has 60 heavy (non-hydrogen) atoms. The Labute approximate surface area is 357 Å². The first kappa shape index (κ1) is 41.8. The molecule has 2 aromatic rings. The molecule has 5 atom stereocenters. The fourth-order valence-corrected chi connectivity index (χ4v) is 12.9. The summed E-state index contributed by atoms with van der Waals surface area (Å²) >= 11 is 0. The number of pyridine rings is 1. The molecule has 0 unspecified atom stereocenters. The van der Waals surface area contributed by atoms with Crippen molar-refractivity contribution in [3.05, 3.63) is 47.7 Å². The van der Waals surface area contributed by atoms with E-state index in [-0.39, 0.29) is 30.8 Å². The molecule has 326 valence electrons. The Morgan fingerprint density at radius 2 is 1.62 bits per heavy atom. The molecule has 4 saturated carbocycles. The van der Waals surface area contributed by atoms with Crippen molar-refractivity contribution < 1.29 is 27.5 Å². The van der Waals surface area contributed by atoms with Gasteiger partial charge in [0.05, 0.1) is 28.5 Å². The van der Waals surface area contributed by atoms with Crippen molar-refractivity contribution in [2.24, 2.45) is 17.8 Å². The number of nitrogens with one attached hydrogen (secondary N) is 2. The van der Waals surface area contributed by atoms with Crippen LogP contribution in [0.15, 0.2) is 36.4 Å². The Balaban J connectivity index is 1.06. The predicted octanol–water partition coefficient (Wildman–Crippen LogP) is 7.43. The molecular formula is C48H67N5O6S. The molecular weight excluding hydrogens is 775 g/mol. The van der Waals surface area contributed by atoms with Gasteiger partial charge in [0, 0.05) is 23.3 Å². The maximum atomic E-state index is 15.6. The van der Waals surface area contributed by atoms with Gasteiger partial charge in [-0.05, 0) is 109 Å². The number of amides is 3. The topological polar surface area (TPSA) is 138 Å². The van der Waals surface area contributed by atoms with Crippen LogP contribution in [0.5, 0.6) is 5.75 Å². The highest BCUT2D eigenvalue weighted by Gasteiger charge is 2.64. The van der Waals surface area contributed by atoms with Gasteiger partial charge in [-0.1, -0.05) is 94.6 Å². The zero-order valence-corrected chi connectivity index (χ0v) is 36.8. The van der Waals surface area contributed by atoms with Crippen LogP contribution in [0.2, 0.25) is 0 Å². The van der Waals surface area contributed by atoms with E-state index in [0.717, 1.165) is 92.4 Å². The van der Waals surface area contributed by atoms with Crippen molar-refractivity contribution in [3.63, 3.8) is 0 Å². The summed E-state index contributed by atoms with van der Waals surface area (Å²) in [4.78, 5) is 54.1. The molecule has 1 aromatic carbocycles.